The van der Waals surface area contributed by atoms with Gasteiger partial charge in [-0.05, 0) is 24.5 Å². The molecule has 2 aromatic rings. The summed E-state index contributed by atoms with van der Waals surface area (Å²) in [7, 11) is 0. The Morgan fingerprint density at radius 2 is 2.03 bits per heavy atom. The van der Waals surface area contributed by atoms with Crippen molar-refractivity contribution < 1.29 is 40.2 Å². The molecule has 1 fully saturated rings. The molecular weight excluding hydrogens is 512 g/mol. The fraction of sp³-hybridized carbons (Fsp3) is 0.524. The summed E-state index contributed by atoms with van der Waals surface area (Å²) in [4.78, 5) is 5.92. The third-order valence-corrected chi connectivity index (χ3v) is 5.42. The highest BCUT2D eigenvalue weighted by Gasteiger charge is 2.35. The maximum atomic E-state index is 13.2. The number of ether oxygens (including phenoxy) is 2. The van der Waals surface area contributed by atoms with E-state index in [-0.39, 0.29) is 17.9 Å². The van der Waals surface area contributed by atoms with Crippen molar-refractivity contribution in [1.29, 1.82) is 0 Å². The second kappa shape index (κ2) is 10.2. The van der Waals surface area contributed by atoms with Crippen LogP contribution in [0.25, 0.3) is 0 Å². The summed E-state index contributed by atoms with van der Waals surface area (Å²) < 4.78 is 91.9. The number of nitrogens with zero attached hydrogens (tertiary/aromatic N) is 6. The van der Waals surface area contributed by atoms with E-state index in [1.165, 1.54) is 0 Å². The Morgan fingerprint density at radius 1 is 1.24 bits per heavy atom. The number of hydrogen-bond donors (Lipinski definition) is 1. The Bertz CT molecular complexity index is 1250. The van der Waals surface area contributed by atoms with E-state index in [2.05, 4.69) is 41.8 Å². The molecule has 1 N–H and O–H groups in total. The number of allylic oxidation sites excluding steroid dienone is 2. The van der Waals surface area contributed by atoms with Gasteiger partial charge in [0.05, 0.1) is 0 Å². The van der Waals surface area contributed by atoms with Crippen LogP contribution in [0.1, 0.15) is 25.7 Å². The van der Waals surface area contributed by atoms with Crippen molar-refractivity contribution in [3.05, 3.63) is 41.0 Å². The van der Waals surface area contributed by atoms with Crippen LogP contribution in [0.2, 0.25) is 0 Å². The summed E-state index contributed by atoms with van der Waals surface area (Å²) in [5, 5.41) is 14.7. The summed E-state index contributed by atoms with van der Waals surface area (Å²) in [5.41, 5.74) is 4.61. The molecule has 10 nitrogen and oxygen atoms in total. The van der Waals surface area contributed by atoms with Gasteiger partial charge in [0.15, 0.2) is 5.76 Å². The lowest BCUT2D eigenvalue weighted by Gasteiger charge is -2.22. The molecule has 200 valence electrons. The number of hydrogen-bond acceptors (Lipinski definition) is 9. The van der Waals surface area contributed by atoms with Crippen LogP contribution in [0, 0.1) is 12.8 Å². The molecular formula is C21H21F6N7O3. The van der Waals surface area contributed by atoms with Gasteiger partial charge in [0.1, 0.15) is 12.3 Å². The van der Waals surface area contributed by atoms with Crippen LogP contribution < -0.4 is 15.0 Å². The van der Waals surface area contributed by atoms with Crippen molar-refractivity contribution in [2.75, 3.05) is 23.3 Å². The highest BCUT2D eigenvalue weighted by Crippen LogP contribution is 2.29. The van der Waals surface area contributed by atoms with Gasteiger partial charge >= 0.3 is 24.6 Å². The Kier molecular flexibility index (Phi) is 7.23. The highest BCUT2D eigenvalue weighted by molar-refractivity contribution is 5.33. The summed E-state index contributed by atoms with van der Waals surface area (Å²) >= 11 is 0. The molecule has 16 heteroatoms. The van der Waals surface area contributed by atoms with Crippen molar-refractivity contribution in [2.45, 2.75) is 51.8 Å². The molecule has 0 radical (unpaired) electrons. The van der Waals surface area contributed by atoms with Crippen molar-refractivity contribution in [1.82, 2.24) is 25.0 Å². The molecule has 0 aromatic carbocycles. The first-order valence-electron chi connectivity index (χ1n) is 11.1. The molecule has 0 bridgehead atoms. The molecule has 4 rings (SSSR count). The third kappa shape index (κ3) is 7.08. The van der Waals surface area contributed by atoms with E-state index < -0.39 is 36.6 Å². The number of nitrogens with one attached hydrogen (secondary N) is 1. The number of aryl methyl sites for hydroxylation is 1. The maximum Gasteiger partial charge on any atom is 0.573 e. The summed E-state index contributed by atoms with van der Waals surface area (Å²) in [6, 6.07) is -0.423. The van der Waals surface area contributed by atoms with Gasteiger partial charge in [-0.25, -0.2) is 4.68 Å². The minimum atomic E-state index is -4.98. The van der Waals surface area contributed by atoms with Crippen LogP contribution >= 0.6 is 0 Å². The van der Waals surface area contributed by atoms with Crippen LogP contribution in [0.5, 0.6) is 6.01 Å². The molecule has 2 aliphatic rings. The third-order valence-electron chi connectivity index (χ3n) is 5.42. The van der Waals surface area contributed by atoms with Gasteiger partial charge in [0, 0.05) is 38.2 Å². The van der Waals surface area contributed by atoms with Gasteiger partial charge < -0.3 is 24.1 Å². The zero-order valence-corrected chi connectivity index (χ0v) is 19.5. The number of rotatable bonds is 9. The zero-order chi connectivity index (χ0) is 26.8. The van der Waals surface area contributed by atoms with E-state index in [4.69, 9.17) is 9.15 Å². The molecule has 1 aliphatic heterocycles. The maximum absolute atomic E-state index is 13.2. The van der Waals surface area contributed by atoms with Crippen molar-refractivity contribution in [2.24, 2.45) is 5.92 Å². The Morgan fingerprint density at radius 3 is 2.68 bits per heavy atom. The van der Waals surface area contributed by atoms with E-state index in [1.54, 1.807) is 6.92 Å². The lowest BCUT2D eigenvalue weighted by atomic mass is 9.97. The number of halogens is 6. The average Bonchev–Trinajstić information content (AvgIpc) is 3.51. The molecule has 0 saturated carbocycles. The normalized spacial score (nSPS) is 18.6. The Hall–Kier alpha value is -3.90. The van der Waals surface area contributed by atoms with Crippen molar-refractivity contribution in [3.63, 3.8) is 0 Å². The molecule has 0 amide bonds. The van der Waals surface area contributed by atoms with Gasteiger partial charge in [-0.1, -0.05) is 17.8 Å². The fourth-order valence-electron chi connectivity index (χ4n) is 3.89. The van der Waals surface area contributed by atoms with Crippen molar-refractivity contribution >= 4 is 12.0 Å². The molecule has 0 spiro atoms. The van der Waals surface area contributed by atoms with Crippen LogP contribution in [0.4, 0.5) is 38.3 Å². The molecule has 3 heterocycles. The molecule has 1 saturated heterocycles. The van der Waals surface area contributed by atoms with E-state index >= 15 is 0 Å². The topological polar surface area (TPSA) is 103 Å². The summed E-state index contributed by atoms with van der Waals surface area (Å²) in [6.45, 7) is 3.26. The van der Waals surface area contributed by atoms with E-state index in [1.807, 2.05) is 11.8 Å². The second-order valence-electron chi connectivity index (χ2n) is 8.22. The molecule has 2 aromatic heterocycles. The quantitative estimate of drug-likeness (QED) is 0.374. The second-order valence-corrected chi connectivity index (χ2v) is 8.22. The lowest BCUT2D eigenvalue weighted by Crippen LogP contribution is -2.32. The largest absolute Gasteiger partial charge is 0.573 e. The minimum absolute atomic E-state index is 0.0651. The van der Waals surface area contributed by atoms with Crippen LogP contribution in [-0.2, 0) is 11.3 Å². The predicted octanol–water partition coefficient (Wildman–Crippen LogP) is 4.26. The van der Waals surface area contributed by atoms with Gasteiger partial charge in [-0.15, -0.1) is 23.4 Å². The Balaban J connectivity index is 1.50. The number of aromatic nitrogens is 5. The van der Waals surface area contributed by atoms with E-state index in [0.29, 0.717) is 36.1 Å². The van der Waals surface area contributed by atoms with Crippen LogP contribution in [0.15, 0.2) is 39.5 Å². The van der Waals surface area contributed by atoms with Gasteiger partial charge in [0.25, 0.3) is 0 Å². The van der Waals surface area contributed by atoms with Gasteiger partial charge in [0.2, 0.25) is 11.8 Å². The minimum Gasteiger partial charge on any atom is -0.415 e. The molecule has 37 heavy (non-hydrogen) atoms. The van der Waals surface area contributed by atoms with Crippen molar-refractivity contribution in [3.8, 4) is 6.01 Å². The van der Waals surface area contributed by atoms with Crippen LogP contribution in [0.3, 0.4) is 0 Å². The van der Waals surface area contributed by atoms with Gasteiger partial charge in [-0.2, -0.15) is 18.2 Å². The first-order valence-corrected chi connectivity index (χ1v) is 11.1. The highest BCUT2D eigenvalue weighted by atomic mass is 19.4. The number of alkyl halides is 6. The van der Waals surface area contributed by atoms with E-state index in [9.17, 15) is 26.3 Å². The fourth-order valence-corrected chi connectivity index (χ4v) is 3.89. The lowest BCUT2D eigenvalue weighted by molar-refractivity contribution is -0.303. The molecule has 1 aliphatic carbocycles. The smallest absolute Gasteiger partial charge is 0.415 e. The standard InChI is InChI=1S/C21H21F6N7O3/c1-3-16(13-7-8-33(10-13)19-31-30-12(2)35-19)28-17-29-18(34(32-17)11-20(22,23)24)36-14-5-4-6-15(9-14)37-21(25,26)27/h6,9,13,16H,3,7-8,10-11H2,1-2H3,(H,28,32). The molecule has 2 atom stereocenters. The first-order chi connectivity index (χ1) is 17.4. The molecule has 2 unspecified atom stereocenters. The van der Waals surface area contributed by atoms with E-state index in [0.717, 1.165) is 18.6 Å². The predicted molar refractivity (Wildman–Crippen MR) is 114 cm³/mol. The number of anilines is 2. The summed E-state index contributed by atoms with van der Waals surface area (Å²) in [5.74, 6) is -0.715. The van der Waals surface area contributed by atoms with Gasteiger partial charge in [-0.3, -0.25) is 0 Å². The monoisotopic (exact) mass is 533 g/mol. The van der Waals surface area contributed by atoms with Crippen LogP contribution in [-0.4, -0.2) is 56.6 Å². The first kappa shape index (κ1) is 26.2. The average molecular weight is 533 g/mol. The summed E-state index contributed by atoms with van der Waals surface area (Å²) in [6.07, 6.45) is -6.65. The SMILES string of the molecule is CCC(Nc1nc(OC2=C=C=CC(OC(F)(F)F)=C2)n(CC(F)(F)F)n1)C1CCN(c2nnc(C)o2)C1. The zero-order valence-electron chi connectivity index (χ0n) is 19.5. The Labute approximate surface area is 205 Å².